The van der Waals surface area contributed by atoms with Crippen LogP contribution in [0.15, 0.2) is 76.6 Å². The van der Waals surface area contributed by atoms with Crippen LogP contribution in [0.25, 0.3) is 11.1 Å². The third kappa shape index (κ3) is 9.65. The van der Waals surface area contributed by atoms with Gasteiger partial charge < -0.3 is 15.6 Å². The SMILES string of the molecule is CC(C)(C)N.O=c1ccc(C(F)(F)F)c[nH]1.Sc1cc(-c2ccccc2)ccc1N1CCCC1. The lowest BCUT2D eigenvalue weighted by atomic mass is 10.1. The van der Waals surface area contributed by atoms with E-state index in [2.05, 4.69) is 60.0 Å². The van der Waals surface area contributed by atoms with Crippen LogP contribution >= 0.6 is 12.6 Å². The number of nitrogens with two attached hydrogens (primary N) is 1. The molecule has 0 saturated carbocycles. The molecule has 4 nitrogen and oxygen atoms in total. The Balaban J connectivity index is 0.000000218. The lowest BCUT2D eigenvalue weighted by Crippen LogP contribution is -2.26. The van der Waals surface area contributed by atoms with Gasteiger partial charge in [0.2, 0.25) is 5.56 Å². The van der Waals surface area contributed by atoms with Crippen molar-refractivity contribution in [3.8, 4) is 11.1 Å². The molecule has 1 aliphatic heterocycles. The van der Waals surface area contributed by atoms with E-state index in [-0.39, 0.29) is 5.54 Å². The topological polar surface area (TPSA) is 62.1 Å². The Morgan fingerprint density at radius 2 is 1.50 bits per heavy atom. The Morgan fingerprint density at radius 1 is 0.912 bits per heavy atom. The molecule has 3 N–H and O–H groups in total. The van der Waals surface area contributed by atoms with Gasteiger partial charge in [-0.2, -0.15) is 13.2 Å². The zero-order valence-corrected chi connectivity index (χ0v) is 20.6. The van der Waals surface area contributed by atoms with Gasteiger partial charge in [-0.05, 0) is 62.9 Å². The van der Waals surface area contributed by atoms with Crippen molar-refractivity contribution in [2.45, 2.75) is 50.2 Å². The van der Waals surface area contributed by atoms with E-state index in [0.717, 1.165) is 30.1 Å². The highest BCUT2D eigenvalue weighted by Crippen LogP contribution is 2.31. The number of rotatable bonds is 2. The van der Waals surface area contributed by atoms with Gasteiger partial charge in [-0.15, -0.1) is 12.6 Å². The van der Waals surface area contributed by atoms with E-state index in [1.165, 1.54) is 29.7 Å². The number of pyridine rings is 1. The van der Waals surface area contributed by atoms with Crippen LogP contribution in [0.1, 0.15) is 39.2 Å². The number of aromatic amines is 1. The van der Waals surface area contributed by atoms with E-state index in [0.29, 0.717) is 6.20 Å². The average Bonchev–Trinajstić information content (AvgIpc) is 3.28. The molecule has 34 heavy (non-hydrogen) atoms. The number of H-pyrrole nitrogens is 1. The molecule has 0 unspecified atom stereocenters. The number of benzene rings is 2. The van der Waals surface area contributed by atoms with Gasteiger partial charge in [-0.25, -0.2) is 0 Å². The monoisotopic (exact) mass is 491 g/mol. The highest BCUT2D eigenvalue weighted by molar-refractivity contribution is 7.80. The second-order valence-corrected chi connectivity index (χ2v) is 9.55. The van der Waals surface area contributed by atoms with Crippen molar-refractivity contribution in [3.05, 3.63) is 82.8 Å². The summed E-state index contributed by atoms with van der Waals surface area (Å²) in [5, 5.41) is 0. The Hall–Kier alpha value is -2.71. The van der Waals surface area contributed by atoms with E-state index in [1.807, 2.05) is 31.8 Å². The fraction of sp³-hybridized carbons (Fsp3) is 0.346. The van der Waals surface area contributed by atoms with Gasteiger partial charge in [-0.1, -0.05) is 36.4 Å². The molecule has 1 saturated heterocycles. The number of hydrogen-bond donors (Lipinski definition) is 3. The summed E-state index contributed by atoms with van der Waals surface area (Å²) in [5.74, 6) is 0. The first-order valence-corrected chi connectivity index (χ1v) is 11.5. The van der Waals surface area contributed by atoms with Crippen LogP contribution in [0.3, 0.4) is 0 Å². The minimum absolute atomic E-state index is 0. The molecule has 0 radical (unpaired) electrons. The molecule has 0 amide bonds. The lowest BCUT2D eigenvalue weighted by Gasteiger charge is -2.20. The highest BCUT2D eigenvalue weighted by atomic mass is 32.1. The molecule has 0 spiro atoms. The molecule has 2 aromatic carbocycles. The lowest BCUT2D eigenvalue weighted by molar-refractivity contribution is -0.137. The molecule has 184 valence electrons. The minimum Gasteiger partial charge on any atom is -0.371 e. The fourth-order valence-electron chi connectivity index (χ4n) is 3.15. The van der Waals surface area contributed by atoms with Gasteiger partial charge in [-0.3, -0.25) is 4.79 Å². The van der Waals surface area contributed by atoms with Gasteiger partial charge in [0, 0.05) is 35.8 Å². The van der Waals surface area contributed by atoms with Crippen LogP contribution in [0.4, 0.5) is 18.9 Å². The second kappa shape index (κ2) is 12.1. The maximum Gasteiger partial charge on any atom is 0.417 e. The molecule has 2 heterocycles. The molecule has 0 bridgehead atoms. The van der Waals surface area contributed by atoms with E-state index >= 15 is 0 Å². The van der Waals surface area contributed by atoms with Gasteiger partial charge in [0.15, 0.2) is 0 Å². The van der Waals surface area contributed by atoms with E-state index in [4.69, 9.17) is 5.73 Å². The summed E-state index contributed by atoms with van der Waals surface area (Å²) >= 11 is 4.65. The summed E-state index contributed by atoms with van der Waals surface area (Å²) in [6.07, 6.45) is -1.14. The first-order chi connectivity index (χ1) is 15.8. The molecule has 1 fully saturated rings. The molecule has 0 atom stereocenters. The van der Waals surface area contributed by atoms with E-state index in [9.17, 15) is 18.0 Å². The van der Waals surface area contributed by atoms with E-state index < -0.39 is 17.3 Å². The van der Waals surface area contributed by atoms with Crippen LogP contribution < -0.4 is 16.2 Å². The maximum absolute atomic E-state index is 11.8. The van der Waals surface area contributed by atoms with Gasteiger partial charge >= 0.3 is 6.18 Å². The fourth-order valence-corrected chi connectivity index (χ4v) is 3.50. The minimum atomic E-state index is -4.38. The smallest absolute Gasteiger partial charge is 0.371 e. The molecule has 3 aromatic rings. The third-order valence-corrected chi connectivity index (χ3v) is 5.00. The van der Waals surface area contributed by atoms with Crippen molar-refractivity contribution >= 4 is 18.3 Å². The number of halogens is 3. The van der Waals surface area contributed by atoms with Gasteiger partial charge in [0.1, 0.15) is 0 Å². The Labute approximate surface area is 204 Å². The second-order valence-electron chi connectivity index (χ2n) is 9.07. The Kier molecular flexibility index (Phi) is 9.82. The van der Waals surface area contributed by atoms with Crippen molar-refractivity contribution < 1.29 is 13.2 Å². The van der Waals surface area contributed by atoms with Crippen molar-refractivity contribution in [3.63, 3.8) is 0 Å². The standard InChI is InChI=1S/C16H17NS.C6H4F3NO.C4H11N/c18-16-12-14(13-6-2-1-3-7-13)8-9-15(16)17-10-4-5-11-17;7-6(8,9)4-1-2-5(11)10-3-4;1-4(2,3)5/h1-3,6-9,12,18H,4-5,10-11H2;1-3H,(H,10,11);5H2,1-3H3. The number of anilines is 1. The van der Waals surface area contributed by atoms with Crippen LogP contribution in [0, 0.1) is 0 Å². The molecule has 4 rings (SSSR count). The number of aromatic nitrogens is 1. The quantitative estimate of drug-likeness (QED) is 0.365. The first kappa shape index (κ1) is 27.5. The number of thiol groups is 1. The number of hydrogen-bond acceptors (Lipinski definition) is 4. The summed E-state index contributed by atoms with van der Waals surface area (Å²) in [5.41, 5.74) is 7.72. The summed E-state index contributed by atoms with van der Waals surface area (Å²) in [6, 6.07) is 18.6. The van der Waals surface area contributed by atoms with Crippen LogP contribution in [-0.4, -0.2) is 23.6 Å². The van der Waals surface area contributed by atoms with E-state index in [1.54, 1.807) is 0 Å². The molecule has 1 aliphatic rings. The number of nitrogens with one attached hydrogen (secondary N) is 1. The predicted octanol–water partition coefficient (Wildman–Crippen LogP) is 6.38. The van der Waals surface area contributed by atoms with Crippen LogP contribution in [-0.2, 0) is 6.18 Å². The molecule has 0 aliphatic carbocycles. The molecular formula is C26H32F3N3OS. The molecule has 1 aromatic heterocycles. The summed E-state index contributed by atoms with van der Waals surface area (Å²) in [4.78, 5) is 15.8. The summed E-state index contributed by atoms with van der Waals surface area (Å²) in [6.45, 7) is 8.23. The third-order valence-electron chi connectivity index (χ3n) is 4.64. The van der Waals surface area contributed by atoms with Crippen molar-refractivity contribution in [1.82, 2.24) is 4.98 Å². The maximum atomic E-state index is 11.8. The zero-order chi connectivity index (χ0) is 25.4. The first-order valence-electron chi connectivity index (χ1n) is 11.0. The normalized spacial score (nSPS) is 13.5. The Bertz CT molecular complexity index is 1060. The number of nitrogens with zero attached hydrogens (tertiary/aromatic N) is 1. The summed E-state index contributed by atoms with van der Waals surface area (Å²) in [7, 11) is 0. The van der Waals surface area contributed by atoms with Crippen LogP contribution in [0.2, 0.25) is 0 Å². The van der Waals surface area contributed by atoms with Gasteiger partial charge in [0.05, 0.1) is 11.3 Å². The largest absolute Gasteiger partial charge is 0.417 e. The Morgan fingerprint density at radius 3 is 1.97 bits per heavy atom. The molecule has 8 heteroatoms. The van der Waals surface area contributed by atoms with Gasteiger partial charge in [0.25, 0.3) is 0 Å². The average molecular weight is 492 g/mol. The van der Waals surface area contributed by atoms with Crippen molar-refractivity contribution in [1.29, 1.82) is 0 Å². The van der Waals surface area contributed by atoms with Crippen molar-refractivity contribution in [2.75, 3.05) is 18.0 Å². The van der Waals surface area contributed by atoms with Crippen molar-refractivity contribution in [2.24, 2.45) is 5.73 Å². The number of alkyl halides is 3. The summed E-state index contributed by atoms with van der Waals surface area (Å²) < 4.78 is 35.4. The predicted molar refractivity (Wildman–Crippen MR) is 137 cm³/mol. The highest BCUT2D eigenvalue weighted by Gasteiger charge is 2.30. The molecular weight excluding hydrogens is 459 g/mol. The zero-order valence-electron chi connectivity index (χ0n) is 19.7. The van der Waals surface area contributed by atoms with Crippen LogP contribution in [0.5, 0.6) is 0 Å².